The Balaban J connectivity index is 1.89. The Labute approximate surface area is 122 Å². The van der Waals surface area contributed by atoms with Crippen molar-refractivity contribution in [1.29, 1.82) is 0 Å². The van der Waals surface area contributed by atoms with Crippen LogP contribution in [0.1, 0.15) is 35.2 Å². The molecule has 0 aliphatic rings. The van der Waals surface area contributed by atoms with Crippen LogP contribution in [0.5, 0.6) is 0 Å². The van der Waals surface area contributed by atoms with E-state index in [0.717, 1.165) is 12.5 Å². The molecule has 4 heteroatoms. The lowest BCUT2D eigenvalue weighted by Gasteiger charge is -2.12. The number of benzene rings is 2. The summed E-state index contributed by atoms with van der Waals surface area (Å²) < 4.78 is 26.5. The van der Waals surface area contributed by atoms with Crippen LogP contribution >= 0.6 is 0 Å². The minimum atomic E-state index is -1.11. The van der Waals surface area contributed by atoms with Crippen LogP contribution in [0.4, 0.5) is 8.78 Å². The molecule has 0 saturated heterocycles. The van der Waals surface area contributed by atoms with E-state index in [1.165, 1.54) is 17.7 Å². The molecule has 0 aliphatic carbocycles. The maximum Gasteiger partial charge on any atom is 0.254 e. The van der Waals surface area contributed by atoms with Gasteiger partial charge in [0.05, 0.1) is 5.56 Å². The second kappa shape index (κ2) is 6.97. The predicted octanol–water partition coefficient (Wildman–Crippen LogP) is 3.89. The van der Waals surface area contributed by atoms with E-state index in [1.807, 2.05) is 30.3 Å². The first kappa shape index (κ1) is 15.2. The summed E-state index contributed by atoms with van der Waals surface area (Å²) >= 11 is 0. The van der Waals surface area contributed by atoms with Crippen LogP contribution in [0.2, 0.25) is 0 Å². The second-order valence-electron chi connectivity index (χ2n) is 4.96. The minimum absolute atomic E-state index is 0.262. The average Bonchev–Trinajstić information content (AvgIpc) is 2.50. The first-order valence-electron chi connectivity index (χ1n) is 6.86. The maximum absolute atomic E-state index is 13.5. The molecule has 0 radical (unpaired) electrons. The number of carbonyl (C=O) groups excluding carboxylic acids is 1. The van der Waals surface area contributed by atoms with Crippen LogP contribution in [0.25, 0.3) is 0 Å². The third-order valence-corrected chi connectivity index (χ3v) is 3.43. The lowest BCUT2D eigenvalue weighted by atomic mass is 9.98. The van der Waals surface area contributed by atoms with Crippen LogP contribution in [-0.2, 0) is 0 Å². The van der Waals surface area contributed by atoms with Crippen molar-refractivity contribution in [3.05, 3.63) is 71.3 Å². The van der Waals surface area contributed by atoms with Crippen molar-refractivity contribution < 1.29 is 13.6 Å². The highest BCUT2D eigenvalue weighted by Gasteiger charge is 2.14. The van der Waals surface area contributed by atoms with Crippen molar-refractivity contribution in [3.8, 4) is 0 Å². The van der Waals surface area contributed by atoms with Gasteiger partial charge in [-0.15, -0.1) is 0 Å². The van der Waals surface area contributed by atoms with Crippen LogP contribution < -0.4 is 5.32 Å². The third kappa shape index (κ3) is 3.88. The quantitative estimate of drug-likeness (QED) is 0.889. The van der Waals surface area contributed by atoms with Crippen LogP contribution in [0.15, 0.2) is 48.5 Å². The molecule has 21 heavy (non-hydrogen) atoms. The molecule has 1 unspecified atom stereocenters. The zero-order chi connectivity index (χ0) is 15.2. The van der Waals surface area contributed by atoms with Crippen LogP contribution in [0, 0.1) is 11.6 Å². The topological polar surface area (TPSA) is 29.1 Å². The summed E-state index contributed by atoms with van der Waals surface area (Å²) in [7, 11) is 0. The van der Waals surface area contributed by atoms with Crippen molar-refractivity contribution in [3.63, 3.8) is 0 Å². The molecule has 1 amide bonds. The molecule has 110 valence electrons. The second-order valence-corrected chi connectivity index (χ2v) is 4.96. The van der Waals surface area contributed by atoms with Gasteiger partial charge in [0.1, 0.15) is 0 Å². The molecule has 2 nitrogen and oxygen atoms in total. The predicted molar refractivity (Wildman–Crippen MR) is 78.2 cm³/mol. The maximum atomic E-state index is 13.5. The number of carbonyl (C=O) groups is 1. The Hall–Kier alpha value is -2.23. The Bertz CT molecular complexity index is 613. The normalized spacial score (nSPS) is 12.0. The largest absolute Gasteiger partial charge is 0.352 e. The zero-order valence-corrected chi connectivity index (χ0v) is 11.8. The molecule has 0 heterocycles. The molecule has 0 saturated carbocycles. The van der Waals surface area contributed by atoms with Crippen molar-refractivity contribution in [1.82, 2.24) is 5.32 Å². The smallest absolute Gasteiger partial charge is 0.254 e. The molecule has 0 bridgehead atoms. The fourth-order valence-corrected chi connectivity index (χ4v) is 2.12. The summed E-state index contributed by atoms with van der Waals surface area (Å²) in [6.45, 7) is 2.47. The van der Waals surface area contributed by atoms with Gasteiger partial charge in [-0.05, 0) is 30.0 Å². The first-order valence-corrected chi connectivity index (χ1v) is 6.86. The van der Waals surface area contributed by atoms with Gasteiger partial charge in [0.2, 0.25) is 0 Å². The summed E-state index contributed by atoms with van der Waals surface area (Å²) in [6.07, 6.45) is 0.729. The van der Waals surface area contributed by atoms with E-state index in [-0.39, 0.29) is 11.5 Å². The highest BCUT2D eigenvalue weighted by molar-refractivity contribution is 5.94. The van der Waals surface area contributed by atoms with E-state index >= 15 is 0 Å². The van der Waals surface area contributed by atoms with Gasteiger partial charge in [0.15, 0.2) is 11.6 Å². The van der Waals surface area contributed by atoms with Crippen molar-refractivity contribution in [2.45, 2.75) is 19.3 Å². The van der Waals surface area contributed by atoms with Crippen molar-refractivity contribution in [2.75, 3.05) is 6.54 Å². The highest BCUT2D eigenvalue weighted by Crippen LogP contribution is 2.17. The molecule has 1 atom stereocenters. The van der Waals surface area contributed by atoms with E-state index in [9.17, 15) is 13.6 Å². The molecule has 0 aromatic heterocycles. The first-order chi connectivity index (χ1) is 10.1. The fourth-order valence-electron chi connectivity index (χ4n) is 2.12. The van der Waals surface area contributed by atoms with Crippen molar-refractivity contribution >= 4 is 5.91 Å². The SMILES string of the molecule is CC(CCNC(=O)c1cccc(F)c1F)c1ccccc1. The molecule has 1 N–H and O–H groups in total. The summed E-state index contributed by atoms with van der Waals surface area (Å²) in [4.78, 5) is 11.8. The van der Waals surface area contributed by atoms with Gasteiger partial charge < -0.3 is 5.32 Å². The summed E-state index contributed by atoms with van der Waals surface area (Å²) in [5.41, 5.74) is 0.922. The summed E-state index contributed by atoms with van der Waals surface area (Å²) in [5.74, 6) is -2.43. The number of nitrogens with one attached hydrogen (secondary N) is 1. The number of amides is 1. The summed E-state index contributed by atoms with van der Waals surface area (Å²) in [6, 6.07) is 13.5. The molecular formula is C17H17F2NO. The Morgan fingerprint density at radius 1 is 1.10 bits per heavy atom. The number of halogens is 2. The van der Waals surface area contributed by atoms with E-state index in [4.69, 9.17) is 0 Å². The lowest BCUT2D eigenvalue weighted by Crippen LogP contribution is -2.26. The van der Waals surface area contributed by atoms with E-state index in [0.29, 0.717) is 6.54 Å². The van der Waals surface area contributed by atoms with E-state index in [1.54, 1.807) is 0 Å². The molecule has 0 spiro atoms. The van der Waals surface area contributed by atoms with Crippen molar-refractivity contribution in [2.24, 2.45) is 0 Å². The zero-order valence-electron chi connectivity index (χ0n) is 11.8. The Morgan fingerprint density at radius 2 is 1.81 bits per heavy atom. The van der Waals surface area contributed by atoms with Gasteiger partial charge in [-0.2, -0.15) is 0 Å². The lowest BCUT2D eigenvalue weighted by molar-refractivity contribution is 0.0947. The molecule has 2 rings (SSSR count). The van der Waals surface area contributed by atoms with Crippen LogP contribution in [0.3, 0.4) is 0 Å². The highest BCUT2D eigenvalue weighted by atomic mass is 19.2. The van der Waals surface area contributed by atoms with Gasteiger partial charge in [-0.25, -0.2) is 8.78 Å². The Morgan fingerprint density at radius 3 is 2.52 bits per heavy atom. The number of hydrogen-bond donors (Lipinski definition) is 1. The number of hydrogen-bond acceptors (Lipinski definition) is 1. The van der Waals surface area contributed by atoms with Crippen LogP contribution in [-0.4, -0.2) is 12.5 Å². The van der Waals surface area contributed by atoms with E-state index in [2.05, 4.69) is 12.2 Å². The molecule has 2 aromatic rings. The monoisotopic (exact) mass is 289 g/mol. The van der Waals surface area contributed by atoms with Gasteiger partial charge in [-0.3, -0.25) is 4.79 Å². The van der Waals surface area contributed by atoms with Gasteiger partial charge in [0.25, 0.3) is 5.91 Å². The average molecular weight is 289 g/mol. The molecular weight excluding hydrogens is 272 g/mol. The fraction of sp³-hybridized carbons (Fsp3) is 0.235. The van der Waals surface area contributed by atoms with Gasteiger partial charge in [0, 0.05) is 6.54 Å². The standard InChI is InChI=1S/C17H17F2NO/c1-12(13-6-3-2-4-7-13)10-11-20-17(21)14-8-5-9-15(18)16(14)19/h2-9,12H,10-11H2,1H3,(H,20,21). The Kier molecular flexibility index (Phi) is 5.04. The molecule has 0 aliphatic heterocycles. The minimum Gasteiger partial charge on any atom is -0.352 e. The third-order valence-electron chi connectivity index (χ3n) is 3.43. The molecule has 0 fully saturated rings. The molecule has 2 aromatic carbocycles. The summed E-state index contributed by atoms with van der Waals surface area (Å²) in [5, 5.41) is 2.62. The van der Waals surface area contributed by atoms with E-state index < -0.39 is 17.5 Å². The number of rotatable bonds is 5. The van der Waals surface area contributed by atoms with Gasteiger partial charge >= 0.3 is 0 Å². The van der Waals surface area contributed by atoms with Gasteiger partial charge in [-0.1, -0.05) is 43.3 Å².